The molecule has 0 bridgehead atoms. The Balaban J connectivity index is 2.29. The lowest BCUT2D eigenvalue weighted by Crippen LogP contribution is -2.30. The Morgan fingerprint density at radius 3 is 2.93 bits per heavy atom. The molecule has 1 unspecified atom stereocenters. The molecular formula is C12H17NO. The second kappa shape index (κ2) is 3.52. The molecule has 0 saturated heterocycles. The van der Waals surface area contributed by atoms with Crippen molar-refractivity contribution in [1.82, 2.24) is 0 Å². The first-order valence-corrected chi connectivity index (χ1v) is 5.26. The first-order valence-electron chi connectivity index (χ1n) is 5.26. The maximum Gasteiger partial charge on any atom is 0.138 e. The molecule has 76 valence electrons. The number of nitrogens with one attached hydrogen (secondary N) is 1. The summed E-state index contributed by atoms with van der Waals surface area (Å²) in [5, 5.41) is 13.1. The zero-order chi connectivity index (χ0) is 10.1. The van der Waals surface area contributed by atoms with Crippen LogP contribution in [0.5, 0.6) is 5.75 Å². The number of para-hydroxylation sites is 1. The Bertz CT molecular complexity index is 333. The van der Waals surface area contributed by atoms with Crippen molar-refractivity contribution in [2.45, 2.75) is 32.7 Å². The van der Waals surface area contributed by atoms with E-state index in [0.29, 0.717) is 17.7 Å². The maximum absolute atomic E-state index is 9.69. The summed E-state index contributed by atoms with van der Waals surface area (Å²) in [4.78, 5) is 0. The number of aromatic hydroxyl groups is 1. The van der Waals surface area contributed by atoms with Gasteiger partial charge in [-0.15, -0.1) is 0 Å². The second-order valence-electron chi connectivity index (χ2n) is 4.34. The van der Waals surface area contributed by atoms with Crippen LogP contribution in [0.3, 0.4) is 0 Å². The van der Waals surface area contributed by atoms with Gasteiger partial charge in [0.25, 0.3) is 0 Å². The molecule has 2 rings (SSSR count). The third kappa shape index (κ3) is 1.57. The van der Waals surface area contributed by atoms with Gasteiger partial charge in [-0.1, -0.05) is 26.0 Å². The Kier molecular flexibility index (Phi) is 2.36. The number of hydrogen-bond donors (Lipinski definition) is 2. The first kappa shape index (κ1) is 9.38. The Morgan fingerprint density at radius 2 is 2.21 bits per heavy atom. The van der Waals surface area contributed by atoms with Gasteiger partial charge in [0.15, 0.2) is 0 Å². The summed E-state index contributed by atoms with van der Waals surface area (Å²) in [6.45, 7) is 4.42. The van der Waals surface area contributed by atoms with Gasteiger partial charge < -0.3 is 10.4 Å². The average molecular weight is 191 g/mol. The molecule has 0 amide bonds. The Hall–Kier alpha value is -1.18. The number of fused-ring (bicyclic) bond motifs is 1. The molecule has 2 heteroatoms. The molecule has 0 radical (unpaired) electrons. The van der Waals surface area contributed by atoms with Crippen LogP contribution in [0.15, 0.2) is 18.2 Å². The second-order valence-corrected chi connectivity index (χ2v) is 4.34. The summed E-state index contributed by atoms with van der Waals surface area (Å²) < 4.78 is 0. The van der Waals surface area contributed by atoms with Gasteiger partial charge in [0.1, 0.15) is 5.75 Å². The highest BCUT2D eigenvalue weighted by Crippen LogP contribution is 2.34. The number of hydrogen-bond acceptors (Lipinski definition) is 2. The molecule has 14 heavy (non-hydrogen) atoms. The average Bonchev–Trinajstić information content (AvgIpc) is 2.18. The molecular weight excluding hydrogens is 174 g/mol. The van der Waals surface area contributed by atoms with Crippen LogP contribution >= 0.6 is 0 Å². The number of phenols is 1. The topological polar surface area (TPSA) is 32.3 Å². The van der Waals surface area contributed by atoms with Crippen LogP contribution in [0.25, 0.3) is 0 Å². The number of benzene rings is 1. The molecule has 1 atom stereocenters. The van der Waals surface area contributed by atoms with Crippen molar-refractivity contribution >= 4 is 5.69 Å². The molecule has 1 heterocycles. The van der Waals surface area contributed by atoms with E-state index in [1.165, 1.54) is 5.56 Å². The fourth-order valence-electron chi connectivity index (χ4n) is 2.03. The quantitative estimate of drug-likeness (QED) is 0.669. The van der Waals surface area contributed by atoms with E-state index in [4.69, 9.17) is 0 Å². The van der Waals surface area contributed by atoms with Crippen LogP contribution in [-0.2, 0) is 6.42 Å². The molecule has 0 spiro atoms. The predicted molar refractivity (Wildman–Crippen MR) is 58.7 cm³/mol. The smallest absolute Gasteiger partial charge is 0.138 e. The van der Waals surface area contributed by atoms with Gasteiger partial charge in [0, 0.05) is 6.04 Å². The highest BCUT2D eigenvalue weighted by molar-refractivity contribution is 5.63. The van der Waals surface area contributed by atoms with Gasteiger partial charge >= 0.3 is 0 Å². The molecule has 1 aromatic rings. The number of anilines is 1. The van der Waals surface area contributed by atoms with Gasteiger partial charge in [0.2, 0.25) is 0 Å². The molecule has 2 N–H and O–H groups in total. The fourth-order valence-corrected chi connectivity index (χ4v) is 2.03. The Morgan fingerprint density at radius 1 is 1.43 bits per heavy atom. The van der Waals surface area contributed by atoms with E-state index in [1.807, 2.05) is 6.07 Å². The van der Waals surface area contributed by atoms with Crippen LogP contribution in [0.4, 0.5) is 5.69 Å². The summed E-state index contributed by atoms with van der Waals surface area (Å²) in [6.07, 6.45) is 2.23. The van der Waals surface area contributed by atoms with E-state index in [1.54, 1.807) is 6.07 Å². The number of aryl methyl sites for hydroxylation is 1. The van der Waals surface area contributed by atoms with Crippen LogP contribution in [0.1, 0.15) is 25.8 Å². The first-order chi connectivity index (χ1) is 6.68. The van der Waals surface area contributed by atoms with Crippen molar-refractivity contribution in [2.75, 3.05) is 5.32 Å². The van der Waals surface area contributed by atoms with Crippen molar-refractivity contribution in [3.8, 4) is 5.75 Å². The van der Waals surface area contributed by atoms with Gasteiger partial charge in [-0.2, -0.15) is 0 Å². The number of phenolic OH excluding ortho intramolecular Hbond substituents is 1. The predicted octanol–water partition coefficient (Wildman–Crippen LogP) is 2.77. The van der Waals surface area contributed by atoms with Crippen LogP contribution in [0, 0.1) is 5.92 Å². The molecule has 2 nitrogen and oxygen atoms in total. The van der Waals surface area contributed by atoms with Crippen molar-refractivity contribution < 1.29 is 5.11 Å². The molecule has 0 fully saturated rings. The minimum absolute atomic E-state index is 0.382. The monoisotopic (exact) mass is 191 g/mol. The van der Waals surface area contributed by atoms with Gasteiger partial charge in [0.05, 0.1) is 5.69 Å². The third-order valence-corrected chi connectivity index (χ3v) is 2.99. The highest BCUT2D eigenvalue weighted by atomic mass is 16.3. The van der Waals surface area contributed by atoms with E-state index >= 15 is 0 Å². The lowest BCUT2D eigenvalue weighted by atomic mass is 9.91. The third-order valence-electron chi connectivity index (χ3n) is 2.99. The molecule has 0 saturated carbocycles. The fraction of sp³-hybridized carbons (Fsp3) is 0.500. The summed E-state index contributed by atoms with van der Waals surface area (Å²) in [7, 11) is 0. The van der Waals surface area contributed by atoms with Crippen molar-refractivity contribution in [2.24, 2.45) is 5.92 Å². The minimum Gasteiger partial charge on any atom is -0.506 e. The standard InChI is InChI=1S/C12H17NO/c1-8(2)10-7-6-9-4-3-5-11(14)12(9)13-10/h3-5,8,10,13-14H,6-7H2,1-2H3. The molecule has 1 aromatic carbocycles. The summed E-state index contributed by atoms with van der Waals surface area (Å²) in [5.74, 6) is 0.996. The van der Waals surface area contributed by atoms with Gasteiger partial charge in [-0.3, -0.25) is 0 Å². The lowest BCUT2D eigenvalue weighted by molar-refractivity contribution is 0.455. The molecule has 1 aliphatic rings. The van der Waals surface area contributed by atoms with Gasteiger partial charge in [-0.05, 0) is 30.4 Å². The normalized spacial score (nSPS) is 20.4. The van der Waals surface area contributed by atoms with Crippen LogP contribution < -0.4 is 5.32 Å². The molecule has 0 aromatic heterocycles. The van der Waals surface area contributed by atoms with E-state index in [0.717, 1.165) is 18.5 Å². The zero-order valence-electron chi connectivity index (χ0n) is 8.75. The number of rotatable bonds is 1. The van der Waals surface area contributed by atoms with Crippen molar-refractivity contribution in [3.05, 3.63) is 23.8 Å². The summed E-state index contributed by atoms with van der Waals surface area (Å²) in [5.41, 5.74) is 2.18. The van der Waals surface area contributed by atoms with Crippen LogP contribution in [0.2, 0.25) is 0 Å². The largest absolute Gasteiger partial charge is 0.506 e. The molecule has 0 aliphatic carbocycles. The lowest BCUT2D eigenvalue weighted by Gasteiger charge is -2.30. The maximum atomic E-state index is 9.69. The van der Waals surface area contributed by atoms with E-state index in [2.05, 4.69) is 25.2 Å². The van der Waals surface area contributed by atoms with Crippen molar-refractivity contribution in [1.29, 1.82) is 0 Å². The van der Waals surface area contributed by atoms with Gasteiger partial charge in [-0.25, -0.2) is 0 Å². The highest BCUT2D eigenvalue weighted by Gasteiger charge is 2.21. The SMILES string of the molecule is CC(C)C1CCc2cccc(O)c2N1. The van der Waals surface area contributed by atoms with E-state index in [9.17, 15) is 5.11 Å². The van der Waals surface area contributed by atoms with E-state index < -0.39 is 0 Å². The van der Waals surface area contributed by atoms with Crippen LogP contribution in [-0.4, -0.2) is 11.1 Å². The summed E-state index contributed by atoms with van der Waals surface area (Å²) >= 11 is 0. The van der Waals surface area contributed by atoms with Crippen molar-refractivity contribution in [3.63, 3.8) is 0 Å². The zero-order valence-corrected chi connectivity index (χ0v) is 8.75. The Labute approximate surface area is 85.0 Å². The molecule has 1 aliphatic heterocycles. The minimum atomic E-state index is 0.382. The van der Waals surface area contributed by atoms with E-state index in [-0.39, 0.29) is 0 Å². The summed E-state index contributed by atoms with van der Waals surface area (Å²) in [6, 6.07) is 6.23.